The van der Waals surface area contributed by atoms with Crippen LogP contribution in [0.2, 0.25) is 0 Å². The second-order valence-electron chi connectivity index (χ2n) is 26.8. The van der Waals surface area contributed by atoms with E-state index in [4.69, 9.17) is 37.0 Å². The lowest BCUT2D eigenvalue weighted by Crippen LogP contribution is -2.30. The van der Waals surface area contributed by atoms with Gasteiger partial charge in [-0.3, -0.25) is 37.3 Å². The molecule has 0 fully saturated rings. The first-order valence-electron chi connectivity index (χ1n) is 36.9. The number of carbonyl (C=O) groups excluding carboxylic acids is 4. The maximum Gasteiger partial charge on any atom is 0.472 e. The number of hydrogen-bond donors (Lipinski definition) is 3. The number of aliphatic hydroxyl groups excluding tert-OH is 1. The summed E-state index contributed by atoms with van der Waals surface area (Å²) < 4.78 is 68.1. The summed E-state index contributed by atoms with van der Waals surface area (Å²) in [5, 5.41) is 10.6. The topological polar surface area (TPSA) is 237 Å². The molecule has 0 saturated heterocycles. The van der Waals surface area contributed by atoms with E-state index in [1.807, 2.05) is 0 Å². The van der Waals surface area contributed by atoms with Gasteiger partial charge in [-0.2, -0.15) is 0 Å². The maximum absolute atomic E-state index is 13.0. The third kappa shape index (κ3) is 63.5. The SMILES string of the molecule is CCCCCCCC(=O)OC[C@H](COP(=O)(O)OC[C@H](O)COP(=O)(O)OC[C@@H](COC(=O)CCCCCCCCCCCCCCC(C)C)OC(=O)CCCCCCCCCCCCCCCC(C)C)OC(=O)CCCCCCCCCCCCC(C)CC. The number of hydrogen-bond acceptors (Lipinski definition) is 15. The number of carbonyl (C=O) groups is 4. The summed E-state index contributed by atoms with van der Waals surface area (Å²) in [5.41, 5.74) is 0. The van der Waals surface area contributed by atoms with Crippen molar-refractivity contribution >= 4 is 39.5 Å². The lowest BCUT2D eigenvalue weighted by molar-refractivity contribution is -0.161. The molecule has 534 valence electrons. The van der Waals surface area contributed by atoms with Gasteiger partial charge in [0.25, 0.3) is 0 Å². The molecule has 0 aromatic heterocycles. The Kier molecular flexibility index (Phi) is 60.6. The Morgan fingerprint density at radius 1 is 0.322 bits per heavy atom. The average Bonchev–Trinajstić information content (AvgIpc) is 3.59. The Bertz CT molecular complexity index is 1770. The summed E-state index contributed by atoms with van der Waals surface area (Å²) in [5.74, 6) is 0.237. The van der Waals surface area contributed by atoms with Crippen molar-refractivity contribution in [2.45, 2.75) is 375 Å². The van der Waals surface area contributed by atoms with Crippen LogP contribution in [0.5, 0.6) is 0 Å². The standard InChI is InChI=1S/C71H138O17P2/c1-8-10-11-35-45-52-68(73)81-58-66(87-70(75)55-48-41-34-28-22-21-25-31-38-44-51-64(7)9-2)60-85-89(77,78)83-56-65(72)57-84-90(79,80)86-61-67(59-82-69(74)53-46-39-32-26-19-16-15-18-24-30-37-43-50-63(5)6)88-71(76)54-47-40-33-27-20-14-12-13-17-23-29-36-42-49-62(3)4/h62-67,72H,8-61H2,1-7H3,(H,77,78)(H,79,80)/t64?,65-,66+,67+/m0/s1. The first kappa shape index (κ1) is 88.1. The number of rotatable bonds is 69. The van der Waals surface area contributed by atoms with Crippen molar-refractivity contribution in [1.82, 2.24) is 0 Å². The van der Waals surface area contributed by atoms with Gasteiger partial charge in [0.2, 0.25) is 0 Å². The molecule has 0 saturated carbocycles. The number of phosphoric ester groups is 2. The van der Waals surface area contributed by atoms with Crippen LogP contribution in [0.4, 0.5) is 0 Å². The molecule has 17 nitrogen and oxygen atoms in total. The van der Waals surface area contributed by atoms with Crippen LogP contribution in [0.25, 0.3) is 0 Å². The highest BCUT2D eigenvalue weighted by Crippen LogP contribution is 2.45. The van der Waals surface area contributed by atoms with E-state index in [2.05, 4.69) is 48.5 Å². The first-order valence-corrected chi connectivity index (χ1v) is 39.9. The molecule has 90 heavy (non-hydrogen) atoms. The molecule has 0 spiro atoms. The molecule has 0 aromatic rings. The van der Waals surface area contributed by atoms with E-state index in [0.29, 0.717) is 25.7 Å². The van der Waals surface area contributed by atoms with Crippen LogP contribution in [0.1, 0.15) is 357 Å². The molecule has 0 amide bonds. The molecule has 0 bridgehead atoms. The zero-order valence-corrected chi connectivity index (χ0v) is 60.4. The molecular weight excluding hydrogens is 1190 g/mol. The van der Waals surface area contributed by atoms with E-state index >= 15 is 0 Å². The normalized spacial score (nSPS) is 14.5. The van der Waals surface area contributed by atoms with Crippen LogP contribution in [-0.4, -0.2) is 96.7 Å². The fraction of sp³-hybridized carbons (Fsp3) is 0.944. The molecule has 0 radical (unpaired) electrons. The van der Waals surface area contributed by atoms with Crippen molar-refractivity contribution in [3.63, 3.8) is 0 Å². The quantitative estimate of drug-likeness (QED) is 0.0222. The average molecular weight is 1330 g/mol. The predicted octanol–water partition coefficient (Wildman–Crippen LogP) is 20.2. The van der Waals surface area contributed by atoms with E-state index in [0.717, 1.165) is 114 Å². The second kappa shape index (κ2) is 61.9. The van der Waals surface area contributed by atoms with Gasteiger partial charge < -0.3 is 33.8 Å². The molecule has 3 N–H and O–H groups in total. The lowest BCUT2D eigenvalue weighted by atomic mass is 9.99. The highest BCUT2D eigenvalue weighted by Gasteiger charge is 2.30. The minimum atomic E-state index is -4.95. The van der Waals surface area contributed by atoms with E-state index in [9.17, 15) is 43.2 Å². The van der Waals surface area contributed by atoms with Crippen molar-refractivity contribution in [3.8, 4) is 0 Å². The Morgan fingerprint density at radius 3 is 0.844 bits per heavy atom. The molecule has 0 aromatic carbocycles. The Hall–Kier alpha value is -1.94. The lowest BCUT2D eigenvalue weighted by Gasteiger charge is -2.21. The van der Waals surface area contributed by atoms with Crippen molar-refractivity contribution < 1.29 is 80.2 Å². The predicted molar refractivity (Wildman–Crippen MR) is 363 cm³/mol. The molecule has 19 heteroatoms. The maximum atomic E-state index is 13.0. The van der Waals surface area contributed by atoms with Crippen molar-refractivity contribution in [2.75, 3.05) is 39.6 Å². The second-order valence-corrected chi connectivity index (χ2v) is 29.7. The van der Waals surface area contributed by atoms with Gasteiger partial charge in [-0.25, -0.2) is 9.13 Å². The third-order valence-electron chi connectivity index (χ3n) is 16.7. The molecule has 3 unspecified atom stereocenters. The largest absolute Gasteiger partial charge is 0.472 e. The van der Waals surface area contributed by atoms with Gasteiger partial charge in [0.05, 0.1) is 26.4 Å². The zero-order chi connectivity index (χ0) is 66.6. The molecule has 0 aliphatic heterocycles. The van der Waals surface area contributed by atoms with Crippen molar-refractivity contribution in [1.29, 1.82) is 0 Å². The molecule has 0 rings (SSSR count). The van der Waals surface area contributed by atoms with E-state index in [1.54, 1.807) is 0 Å². The fourth-order valence-corrected chi connectivity index (χ4v) is 12.3. The van der Waals surface area contributed by atoms with Gasteiger partial charge in [-0.05, 0) is 43.4 Å². The fourth-order valence-electron chi connectivity index (χ4n) is 10.7. The Balaban J connectivity index is 5.17. The van der Waals surface area contributed by atoms with Gasteiger partial charge in [0.15, 0.2) is 12.2 Å². The van der Waals surface area contributed by atoms with E-state index < -0.39 is 97.5 Å². The zero-order valence-electron chi connectivity index (χ0n) is 58.6. The van der Waals surface area contributed by atoms with Crippen LogP contribution in [0.3, 0.4) is 0 Å². The molecule has 0 aliphatic rings. The number of esters is 4. The molecule has 6 atom stereocenters. The van der Waals surface area contributed by atoms with Crippen LogP contribution in [0.15, 0.2) is 0 Å². The van der Waals surface area contributed by atoms with E-state index in [1.165, 1.54) is 161 Å². The van der Waals surface area contributed by atoms with Crippen molar-refractivity contribution in [3.05, 3.63) is 0 Å². The van der Waals surface area contributed by atoms with Gasteiger partial charge in [0, 0.05) is 25.7 Å². The number of unbranched alkanes of at least 4 members (excludes halogenated alkanes) is 36. The minimum Gasteiger partial charge on any atom is -0.462 e. The molecule has 0 aliphatic carbocycles. The highest BCUT2D eigenvalue weighted by atomic mass is 31.2. The minimum absolute atomic E-state index is 0.105. The van der Waals surface area contributed by atoms with Crippen molar-refractivity contribution in [2.24, 2.45) is 17.8 Å². The Morgan fingerprint density at radius 2 is 0.567 bits per heavy atom. The Labute approximate surface area is 549 Å². The van der Waals surface area contributed by atoms with Gasteiger partial charge in [-0.15, -0.1) is 0 Å². The summed E-state index contributed by atoms with van der Waals surface area (Å²) in [4.78, 5) is 72.3. The van der Waals surface area contributed by atoms with Gasteiger partial charge in [-0.1, -0.05) is 305 Å². The number of phosphoric acid groups is 2. The molecular formula is C71H138O17P2. The summed E-state index contributed by atoms with van der Waals surface area (Å²) in [6.45, 7) is 11.8. The smallest absolute Gasteiger partial charge is 0.462 e. The summed E-state index contributed by atoms with van der Waals surface area (Å²) in [7, 11) is -9.89. The molecule has 0 heterocycles. The van der Waals surface area contributed by atoms with Gasteiger partial charge >= 0.3 is 39.5 Å². The summed E-state index contributed by atoms with van der Waals surface area (Å²) in [6, 6.07) is 0. The van der Waals surface area contributed by atoms with E-state index in [-0.39, 0.29) is 25.7 Å². The van der Waals surface area contributed by atoms with Crippen LogP contribution in [0, 0.1) is 17.8 Å². The van der Waals surface area contributed by atoms with Gasteiger partial charge in [0.1, 0.15) is 19.3 Å². The number of ether oxygens (including phenoxy) is 4. The highest BCUT2D eigenvalue weighted by molar-refractivity contribution is 7.47. The third-order valence-corrected chi connectivity index (χ3v) is 18.6. The van der Waals surface area contributed by atoms with Crippen LogP contribution >= 0.6 is 15.6 Å². The first-order chi connectivity index (χ1) is 43.3. The summed E-state index contributed by atoms with van der Waals surface area (Å²) >= 11 is 0. The summed E-state index contributed by atoms with van der Waals surface area (Å²) in [6.07, 6.45) is 46.1. The number of aliphatic hydroxyl groups is 1. The van der Waals surface area contributed by atoms with Crippen LogP contribution < -0.4 is 0 Å². The monoisotopic (exact) mass is 1320 g/mol. The van der Waals surface area contributed by atoms with Crippen LogP contribution in [-0.2, 0) is 65.4 Å².